The number of benzene rings is 2. The van der Waals surface area contributed by atoms with E-state index in [1.54, 1.807) is 0 Å². The van der Waals surface area contributed by atoms with Crippen molar-refractivity contribution in [3.63, 3.8) is 0 Å². The van der Waals surface area contributed by atoms with Crippen molar-refractivity contribution in [1.82, 2.24) is 9.97 Å². The van der Waals surface area contributed by atoms with Crippen LogP contribution in [0.3, 0.4) is 0 Å². The predicted molar refractivity (Wildman–Crippen MR) is 95.5 cm³/mol. The van der Waals surface area contributed by atoms with Crippen LogP contribution in [-0.4, -0.2) is 9.97 Å². The van der Waals surface area contributed by atoms with E-state index in [1.165, 1.54) is 0 Å². The number of rotatable bonds is 1. The third kappa shape index (κ3) is 2.40. The fourth-order valence-corrected chi connectivity index (χ4v) is 2.81. The second-order valence-electron chi connectivity index (χ2n) is 6.89. The molecule has 3 aromatic rings. The summed E-state index contributed by atoms with van der Waals surface area (Å²) in [5.41, 5.74) is 2.83. The van der Waals surface area contributed by atoms with Crippen LogP contribution in [0.1, 0.15) is 26.6 Å². The Morgan fingerprint density at radius 3 is 1.79 bits per heavy atom. The van der Waals surface area contributed by atoms with Gasteiger partial charge in [0, 0.05) is 5.41 Å². The van der Waals surface area contributed by atoms with Gasteiger partial charge >= 0.3 is 0 Å². The molecule has 120 valence electrons. The molecule has 0 aliphatic carbocycles. The minimum absolute atomic E-state index is 0.0701. The molecule has 0 saturated carbocycles. The summed E-state index contributed by atoms with van der Waals surface area (Å²) in [5.74, 6) is 2.49. The molecule has 0 amide bonds. The van der Waals surface area contributed by atoms with E-state index in [0.29, 0.717) is 0 Å². The monoisotopic (exact) mass is 317 g/mol. The third-order valence-electron chi connectivity index (χ3n) is 4.00. The second-order valence-corrected chi connectivity index (χ2v) is 6.89. The van der Waals surface area contributed by atoms with Gasteiger partial charge in [-0.2, -0.15) is 0 Å². The average molecular weight is 317 g/mol. The Morgan fingerprint density at radius 1 is 0.792 bits per heavy atom. The lowest BCUT2D eigenvalue weighted by atomic mass is 9.96. The smallest absolute Gasteiger partial charge is 0.151 e. The maximum absolute atomic E-state index is 6.02. The molecule has 1 aromatic heterocycles. The van der Waals surface area contributed by atoms with Crippen molar-refractivity contribution in [2.24, 2.45) is 0 Å². The Balaban J connectivity index is 1.86. The van der Waals surface area contributed by atoms with Crippen LogP contribution in [0.2, 0.25) is 0 Å². The molecule has 24 heavy (non-hydrogen) atoms. The minimum Gasteiger partial charge on any atom is -0.453 e. The Bertz CT molecular complexity index is 836. The summed E-state index contributed by atoms with van der Waals surface area (Å²) >= 11 is 0. The van der Waals surface area contributed by atoms with Gasteiger partial charge in [0.2, 0.25) is 0 Å². The van der Waals surface area contributed by atoms with Gasteiger partial charge in [-0.1, -0.05) is 45.0 Å². The van der Waals surface area contributed by atoms with Crippen molar-refractivity contribution < 1.29 is 4.74 Å². The summed E-state index contributed by atoms with van der Waals surface area (Å²) in [6, 6.07) is 16.0. The van der Waals surface area contributed by atoms with Gasteiger partial charge in [0.1, 0.15) is 5.82 Å². The quantitative estimate of drug-likeness (QED) is 0.474. The van der Waals surface area contributed by atoms with Crippen molar-refractivity contribution in [3.05, 3.63) is 66.7 Å². The highest BCUT2D eigenvalue weighted by Crippen LogP contribution is 2.49. The highest BCUT2D eigenvalue weighted by atomic mass is 16.5. The summed E-state index contributed by atoms with van der Waals surface area (Å²) in [7, 11) is 0. The van der Waals surface area contributed by atoms with Gasteiger partial charge in [-0.25, -0.2) is 9.97 Å². The van der Waals surface area contributed by atoms with E-state index in [0.717, 1.165) is 34.4 Å². The largest absolute Gasteiger partial charge is 0.453 e. The van der Waals surface area contributed by atoms with Crippen molar-refractivity contribution >= 4 is 17.1 Å². The van der Waals surface area contributed by atoms with Crippen LogP contribution in [0.4, 0.5) is 17.1 Å². The fourth-order valence-electron chi connectivity index (χ4n) is 2.81. The van der Waals surface area contributed by atoms with Crippen molar-refractivity contribution in [2.45, 2.75) is 26.2 Å². The highest BCUT2D eigenvalue weighted by Gasteiger charge is 2.26. The maximum atomic E-state index is 6.02. The molecule has 0 atom stereocenters. The molecule has 4 nitrogen and oxygen atoms in total. The molecule has 0 N–H and O–H groups in total. The van der Waals surface area contributed by atoms with Crippen LogP contribution < -0.4 is 9.64 Å². The Labute approximate surface area is 141 Å². The average Bonchev–Trinajstić information content (AvgIpc) is 2.59. The molecule has 0 bridgehead atoms. The number of nitrogens with zero attached hydrogens (tertiary/aromatic N) is 3. The van der Waals surface area contributed by atoms with Crippen LogP contribution in [0.25, 0.3) is 0 Å². The first-order valence-electron chi connectivity index (χ1n) is 8.02. The number of para-hydroxylation sites is 4. The van der Waals surface area contributed by atoms with E-state index < -0.39 is 0 Å². The van der Waals surface area contributed by atoms with Crippen LogP contribution in [0.5, 0.6) is 11.5 Å². The molecule has 4 rings (SSSR count). The van der Waals surface area contributed by atoms with Crippen molar-refractivity contribution in [1.29, 1.82) is 0 Å². The standard InChI is InChI=1S/C20H19N3O/c1-20(2,3)19-21-12-14(13-22-19)23-15-8-4-6-10-17(15)24-18-11-7-5-9-16(18)23/h4-13H,1-3H3. The van der Waals surface area contributed by atoms with Gasteiger partial charge in [-0.3, -0.25) is 0 Å². The number of aromatic nitrogens is 2. The number of fused-ring (bicyclic) bond motifs is 2. The topological polar surface area (TPSA) is 38.2 Å². The van der Waals surface area contributed by atoms with E-state index in [1.807, 2.05) is 60.9 Å². The Kier molecular flexibility index (Phi) is 3.27. The van der Waals surface area contributed by atoms with Crippen LogP contribution in [0.15, 0.2) is 60.9 Å². The van der Waals surface area contributed by atoms with Crippen LogP contribution in [0, 0.1) is 0 Å². The number of hydrogen-bond donors (Lipinski definition) is 0. The summed E-state index contributed by atoms with van der Waals surface area (Å²) in [5, 5.41) is 0. The Hall–Kier alpha value is -2.88. The van der Waals surface area contributed by atoms with Crippen molar-refractivity contribution in [2.75, 3.05) is 4.90 Å². The molecular formula is C20H19N3O. The van der Waals surface area contributed by atoms with Gasteiger partial charge in [-0.05, 0) is 24.3 Å². The SMILES string of the molecule is CC(C)(C)c1ncc(N2c3ccccc3Oc3ccccc32)cn1. The van der Waals surface area contributed by atoms with Gasteiger partial charge < -0.3 is 9.64 Å². The van der Waals surface area contributed by atoms with Gasteiger partial charge in [0.25, 0.3) is 0 Å². The molecule has 0 unspecified atom stereocenters. The van der Waals surface area contributed by atoms with E-state index in [2.05, 4.69) is 35.6 Å². The molecule has 4 heteroatoms. The van der Waals surface area contributed by atoms with E-state index in [-0.39, 0.29) is 5.41 Å². The first-order valence-corrected chi connectivity index (χ1v) is 8.02. The summed E-state index contributed by atoms with van der Waals surface area (Å²) in [4.78, 5) is 11.3. The van der Waals surface area contributed by atoms with E-state index in [4.69, 9.17) is 4.74 Å². The van der Waals surface area contributed by atoms with E-state index >= 15 is 0 Å². The highest BCUT2D eigenvalue weighted by molar-refractivity contribution is 5.85. The molecule has 2 heterocycles. The maximum Gasteiger partial charge on any atom is 0.151 e. The minimum atomic E-state index is -0.0701. The molecule has 0 saturated heterocycles. The zero-order valence-electron chi connectivity index (χ0n) is 14.0. The third-order valence-corrected chi connectivity index (χ3v) is 4.00. The van der Waals surface area contributed by atoms with E-state index in [9.17, 15) is 0 Å². The molecule has 2 aromatic carbocycles. The fraction of sp³-hybridized carbons (Fsp3) is 0.200. The van der Waals surface area contributed by atoms with Gasteiger partial charge in [0.05, 0.1) is 29.5 Å². The summed E-state index contributed by atoms with van der Waals surface area (Å²) in [6.07, 6.45) is 3.76. The van der Waals surface area contributed by atoms with Crippen molar-refractivity contribution in [3.8, 4) is 11.5 Å². The lowest BCUT2D eigenvalue weighted by Crippen LogP contribution is -2.19. The van der Waals surface area contributed by atoms with Gasteiger partial charge in [0.15, 0.2) is 11.5 Å². The zero-order chi connectivity index (χ0) is 16.7. The first kappa shape index (κ1) is 14.7. The summed E-state index contributed by atoms with van der Waals surface area (Å²) < 4.78 is 6.02. The molecule has 0 fully saturated rings. The normalized spacial score (nSPS) is 13.0. The molecule has 0 radical (unpaired) electrons. The second kappa shape index (κ2) is 5.34. The molecular weight excluding hydrogens is 298 g/mol. The van der Waals surface area contributed by atoms with Crippen LogP contribution in [-0.2, 0) is 5.41 Å². The lowest BCUT2D eigenvalue weighted by Gasteiger charge is -2.32. The molecule has 0 spiro atoms. The number of hydrogen-bond acceptors (Lipinski definition) is 4. The lowest BCUT2D eigenvalue weighted by molar-refractivity contribution is 0.477. The first-order chi connectivity index (χ1) is 11.5. The molecule has 1 aliphatic heterocycles. The number of ether oxygens (including phenoxy) is 1. The number of anilines is 3. The van der Waals surface area contributed by atoms with Crippen LogP contribution >= 0.6 is 0 Å². The summed E-state index contributed by atoms with van der Waals surface area (Å²) in [6.45, 7) is 6.34. The van der Waals surface area contributed by atoms with Gasteiger partial charge in [-0.15, -0.1) is 0 Å². The Morgan fingerprint density at radius 2 is 1.29 bits per heavy atom. The predicted octanol–water partition coefficient (Wildman–Crippen LogP) is 5.35. The zero-order valence-corrected chi connectivity index (χ0v) is 14.0. The molecule has 1 aliphatic rings.